The normalized spacial score (nSPS) is 21.9. The van der Waals surface area contributed by atoms with Gasteiger partial charge in [0.1, 0.15) is 0 Å². The molecule has 1 aliphatic carbocycles. The molecule has 0 radical (unpaired) electrons. The quantitative estimate of drug-likeness (QED) is 0.816. The number of hydrogen-bond donors (Lipinski definition) is 1. The lowest BCUT2D eigenvalue weighted by atomic mass is 9.70. The highest BCUT2D eigenvalue weighted by Crippen LogP contribution is 2.43. The van der Waals surface area contributed by atoms with Gasteiger partial charge in [-0.1, -0.05) is 65.8 Å². The largest absolute Gasteiger partial charge is 0.309 e. The van der Waals surface area contributed by atoms with E-state index in [2.05, 4.69) is 71.1 Å². The highest BCUT2D eigenvalue weighted by Gasteiger charge is 2.36. The van der Waals surface area contributed by atoms with Gasteiger partial charge < -0.3 is 5.32 Å². The van der Waals surface area contributed by atoms with Crippen LogP contribution in [0.3, 0.4) is 0 Å². The summed E-state index contributed by atoms with van der Waals surface area (Å²) in [6.07, 6.45) is 2.48. The van der Waals surface area contributed by atoms with Crippen molar-refractivity contribution in [1.29, 1.82) is 0 Å². The van der Waals surface area contributed by atoms with Crippen molar-refractivity contribution in [2.24, 2.45) is 16.7 Å². The minimum Gasteiger partial charge on any atom is -0.309 e. The summed E-state index contributed by atoms with van der Waals surface area (Å²) in [7, 11) is 0. The molecule has 0 fully saturated rings. The van der Waals surface area contributed by atoms with E-state index >= 15 is 0 Å². The van der Waals surface area contributed by atoms with Crippen LogP contribution in [0.5, 0.6) is 0 Å². The zero-order valence-electron chi connectivity index (χ0n) is 14.1. The fourth-order valence-corrected chi connectivity index (χ4v) is 3.02. The van der Waals surface area contributed by atoms with Crippen molar-refractivity contribution >= 4 is 0 Å². The van der Waals surface area contributed by atoms with Gasteiger partial charge in [-0.05, 0) is 40.7 Å². The first-order valence-electron chi connectivity index (χ1n) is 8.05. The summed E-state index contributed by atoms with van der Waals surface area (Å²) < 4.78 is 0. The Morgan fingerprint density at radius 2 is 1.90 bits per heavy atom. The van der Waals surface area contributed by atoms with E-state index in [1.54, 1.807) is 0 Å². The predicted molar refractivity (Wildman–Crippen MR) is 87.9 cm³/mol. The number of rotatable bonds is 4. The van der Waals surface area contributed by atoms with Crippen LogP contribution in [0.4, 0.5) is 0 Å². The summed E-state index contributed by atoms with van der Waals surface area (Å²) in [5, 5.41) is 3.89. The van der Waals surface area contributed by atoms with Crippen LogP contribution in [-0.2, 0) is 6.42 Å². The zero-order valence-corrected chi connectivity index (χ0v) is 14.1. The number of hydrogen-bond acceptors (Lipinski definition) is 1. The Labute approximate surface area is 125 Å². The van der Waals surface area contributed by atoms with Gasteiger partial charge in [0.25, 0.3) is 0 Å². The molecule has 20 heavy (non-hydrogen) atoms. The molecule has 0 bridgehead atoms. The first-order chi connectivity index (χ1) is 9.24. The monoisotopic (exact) mass is 273 g/mol. The second-order valence-corrected chi connectivity index (χ2v) is 8.14. The van der Waals surface area contributed by atoms with Crippen LogP contribution in [0, 0.1) is 16.7 Å². The van der Waals surface area contributed by atoms with Crippen molar-refractivity contribution in [3.05, 3.63) is 35.4 Å². The fourth-order valence-electron chi connectivity index (χ4n) is 3.02. The van der Waals surface area contributed by atoms with E-state index in [1.807, 2.05) is 0 Å². The summed E-state index contributed by atoms with van der Waals surface area (Å²) in [5.41, 5.74) is 3.72. The van der Waals surface area contributed by atoms with E-state index in [4.69, 9.17) is 0 Å². The first kappa shape index (κ1) is 15.6. The van der Waals surface area contributed by atoms with E-state index in [9.17, 15) is 0 Å². The van der Waals surface area contributed by atoms with E-state index in [1.165, 1.54) is 24.0 Å². The lowest BCUT2D eigenvalue weighted by Gasteiger charge is -2.43. The second kappa shape index (κ2) is 5.52. The van der Waals surface area contributed by atoms with Crippen LogP contribution in [0.15, 0.2) is 24.3 Å². The highest BCUT2D eigenvalue weighted by atomic mass is 14.9. The molecule has 0 amide bonds. The summed E-state index contributed by atoms with van der Waals surface area (Å²) in [6, 6.07) is 9.45. The molecular formula is C19H31N. The molecule has 0 heterocycles. The molecular weight excluding hydrogens is 242 g/mol. The smallest absolute Gasteiger partial charge is 0.0374 e. The van der Waals surface area contributed by atoms with Crippen molar-refractivity contribution < 1.29 is 0 Å². The molecule has 112 valence electrons. The molecule has 1 aromatic carbocycles. The molecule has 0 spiro atoms. The molecule has 0 aromatic heterocycles. The number of nitrogens with one attached hydrogen (secondary N) is 1. The SMILES string of the molecule is CC(C)C(C)(C)CNC1c2ccccc2CCC1(C)C. The van der Waals surface area contributed by atoms with Gasteiger partial charge in [0.2, 0.25) is 0 Å². The Hall–Kier alpha value is -0.820. The molecule has 1 aromatic rings. The van der Waals surface area contributed by atoms with Crippen LogP contribution in [0.1, 0.15) is 65.1 Å². The molecule has 1 heteroatoms. The molecule has 1 atom stereocenters. The number of benzene rings is 1. The maximum absolute atomic E-state index is 3.89. The van der Waals surface area contributed by atoms with E-state index in [0.29, 0.717) is 22.8 Å². The lowest BCUT2D eigenvalue weighted by molar-refractivity contribution is 0.165. The summed E-state index contributed by atoms with van der Waals surface area (Å²) in [5.74, 6) is 0.692. The second-order valence-electron chi connectivity index (χ2n) is 8.14. The zero-order chi connectivity index (χ0) is 15.0. The van der Waals surface area contributed by atoms with Crippen LogP contribution >= 0.6 is 0 Å². The Bertz CT molecular complexity index is 457. The standard InChI is InChI=1S/C19H31N/c1-14(2)19(5,6)13-20-17-16-10-8-7-9-15(16)11-12-18(17,3)4/h7-10,14,17,20H,11-13H2,1-6H3. The van der Waals surface area contributed by atoms with Crippen molar-refractivity contribution in [2.45, 2.75) is 60.4 Å². The van der Waals surface area contributed by atoms with Crippen LogP contribution in [0.2, 0.25) is 0 Å². The third-order valence-corrected chi connectivity index (χ3v) is 5.51. The maximum Gasteiger partial charge on any atom is 0.0374 e. The van der Waals surface area contributed by atoms with Gasteiger partial charge in [0.05, 0.1) is 0 Å². The average molecular weight is 273 g/mol. The number of aryl methyl sites for hydroxylation is 1. The molecule has 0 saturated heterocycles. The van der Waals surface area contributed by atoms with Gasteiger partial charge in [0, 0.05) is 12.6 Å². The van der Waals surface area contributed by atoms with Gasteiger partial charge in [-0.3, -0.25) is 0 Å². The summed E-state index contributed by atoms with van der Waals surface area (Å²) in [4.78, 5) is 0. The minimum atomic E-state index is 0.335. The van der Waals surface area contributed by atoms with Gasteiger partial charge in [0.15, 0.2) is 0 Å². The Kier molecular flexibility index (Phi) is 4.30. The van der Waals surface area contributed by atoms with E-state index in [-0.39, 0.29) is 0 Å². The van der Waals surface area contributed by atoms with E-state index < -0.39 is 0 Å². The summed E-state index contributed by atoms with van der Waals surface area (Å²) >= 11 is 0. The molecule has 1 aliphatic rings. The van der Waals surface area contributed by atoms with Crippen molar-refractivity contribution in [2.75, 3.05) is 6.54 Å². The summed E-state index contributed by atoms with van der Waals surface area (Å²) in [6.45, 7) is 15.3. The maximum atomic E-state index is 3.89. The molecule has 0 aliphatic heterocycles. The van der Waals surface area contributed by atoms with Gasteiger partial charge >= 0.3 is 0 Å². The van der Waals surface area contributed by atoms with Gasteiger partial charge in [-0.15, -0.1) is 0 Å². The number of fused-ring (bicyclic) bond motifs is 1. The van der Waals surface area contributed by atoms with Crippen LogP contribution < -0.4 is 5.32 Å². The Balaban J connectivity index is 2.20. The van der Waals surface area contributed by atoms with Crippen LogP contribution in [0.25, 0.3) is 0 Å². The Morgan fingerprint density at radius 1 is 1.25 bits per heavy atom. The molecule has 0 saturated carbocycles. The highest BCUT2D eigenvalue weighted by molar-refractivity contribution is 5.34. The third kappa shape index (κ3) is 3.09. The van der Waals surface area contributed by atoms with Crippen LogP contribution in [-0.4, -0.2) is 6.54 Å². The minimum absolute atomic E-state index is 0.335. The average Bonchev–Trinajstić information content (AvgIpc) is 2.36. The Morgan fingerprint density at radius 3 is 2.55 bits per heavy atom. The molecule has 1 N–H and O–H groups in total. The van der Waals surface area contributed by atoms with Gasteiger partial charge in [-0.25, -0.2) is 0 Å². The van der Waals surface area contributed by atoms with Crippen molar-refractivity contribution in [1.82, 2.24) is 5.32 Å². The molecule has 1 nitrogen and oxygen atoms in total. The first-order valence-corrected chi connectivity index (χ1v) is 8.05. The lowest BCUT2D eigenvalue weighted by Crippen LogP contribution is -2.43. The molecule has 2 rings (SSSR count). The predicted octanol–water partition coefficient (Wildman–Crippen LogP) is 4.97. The van der Waals surface area contributed by atoms with Gasteiger partial charge in [-0.2, -0.15) is 0 Å². The topological polar surface area (TPSA) is 12.0 Å². The van der Waals surface area contributed by atoms with Crippen molar-refractivity contribution in [3.8, 4) is 0 Å². The molecule has 1 unspecified atom stereocenters. The fraction of sp³-hybridized carbons (Fsp3) is 0.684. The van der Waals surface area contributed by atoms with E-state index in [0.717, 1.165) is 6.54 Å². The third-order valence-electron chi connectivity index (χ3n) is 5.51. The van der Waals surface area contributed by atoms with Crippen molar-refractivity contribution in [3.63, 3.8) is 0 Å².